The summed E-state index contributed by atoms with van der Waals surface area (Å²) in [5.74, 6) is -0.373. The van der Waals surface area contributed by atoms with E-state index in [0.29, 0.717) is 34.2 Å². The SMILES string of the molecule is CCOC(=O)C(OC(C)(C)C)c1c(C)nc2cc(C(=O)NCC(=O)Cc3ccc(F)cc3)nn2c1N1CCC(C)(CCC(C)C)CC1. The molecule has 0 aliphatic carbocycles. The monoisotopic (exact) mass is 651 g/mol. The lowest BCUT2D eigenvalue weighted by molar-refractivity contribution is -0.166. The lowest BCUT2D eigenvalue weighted by atomic mass is 9.75. The fourth-order valence-corrected chi connectivity index (χ4v) is 5.94. The van der Waals surface area contributed by atoms with Gasteiger partial charge in [0.25, 0.3) is 5.91 Å². The van der Waals surface area contributed by atoms with Crippen molar-refractivity contribution < 1.29 is 28.2 Å². The predicted octanol–water partition coefficient (Wildman–Crippen LogP) is 6.18. The normalized spacial score (nSPS) is 15.6. The summed E-state index contributed by atoms with van der Waals surface area (Å²) in [6.45, 7) is 17.5. The van der Waals surface area contributed by atoms with Gasteiger partial charge in [0.15, 0.2) is 23.2 Å². The smallest absolute Gasteiger partial charge is 0.340 e. The van der Waals surface area contributed by atoms with Crippen molar-refractivity contribution >= 4 is 29.1 Å². The van der Waals surface area contributed by atoms with Gasteiger partial charge in [-0.2, -0.15) is 9.61 Å². The lowest BCUT2D eigenvalue weighted by Crippen LogP contribution is -2.41. The van der Waals surface area contributed by atoms with E-state index in [4.69, 9.17) is 14.5 Å². The Kier molecular flexibility index (Phi) is 11.4. The molecule has 0 radical (unpaired) electrons. The van der Waals surface area contributed by atoms with Gasteiger partial charge >= 0.3 is 5.97 Å². The van der Waals surface area contributed by atoms with Crippen molar-refractivity contribution in [1.82, 2.24) is 19.9 Å². The Morgan fingerprint density at radius 3 is 2.36 bits per heavy atom. The second-order valence-corrected chi connectivity index (χ2v) is 14.4. The van der Waals surface area contributed by atoms with Crippen LogP contribution in [0.2, 0.25) is 0 Å². The van der Waals surface area contributed by atoms with Crippen molar-refractivity contribution in [1.29, 1.82) is 0 Å². The molecule has 3 heterocycles. The maximum absolute atomic E-state index is 13.5. The Balaban J connectivity index is 1.69. The number of hydrogen-bond acceptors (Lipinski definition) is 8. The molecule has 1 fully saturated rings. The summed E-state index contributed by atoms with van der Waals surface area (Å²) < 4.78 is 26.7. The lowest BCUT2D eigenvalue weighted by Gasteiger charge is -2.42. The molecule has 2 aromatic heterocycles. The molecule has 0 bridgehead atoms. The average molecular weight is 652 g/mol. The minimum absolute atomic E-state index is 0.0635. The molecule has 3 aromatic rings. The molecule has 1 N–H and O–H groups in total. The minimum Gasteiger partial charge on any atom is -0.464 e. The van der Waals surface area contributed by atoms with Gasteiger partial charge < -0.3 is 19.7 Å². The molecule has 1 aliphatic rings. The van der Waals surface area contributed by atoms with Crippen molar-refractivity contribution in [2.45, 2.75) is 99.2 Å². The van der Waals surface area contributed by atoms with Crippen LogP contribution in [-0.2, 0) is 25.5 Å². The van der Waals surface area contributed by atoms with Crippen molar-refractivity contribution in [3.8, 4) is 0 Å². The van der Waals surface area contributed by atoms with Crippen LogP contribution < -0.4 is 10.2 Å². The third-order valence-electron chi connectivity index (χ3n) is 8.63. The van der Waals surface area contributed by atoms with Crippen LogP contribution in [0.15, 0.2) is 30.3 Å². The molecule has 1 amide bonds. The second kappa shape index (κ2) is 14.9. The number of fused-ring (bicyclic) bond motifs is 1. The van der Waals surface area contributed by atoms with E-state index in [1.807, 2.05) is 27.7 Å². The molecule has 10 nitrogen and oxygen atoms in total. The summed E-state index contributed by atoms with van der Waals surface area (Å²) in [5, 5.41) is 7.34. The van der Waals surface area contributed by atoms with E-state index in [9.17, 15) is 18.8 Å². The zero-order valence-corrected chi connectivity index (χ0v) is 29.1. The average Bonchev–Trinajstić information content (AvgIpc) is 3.42. The highest BCUT2D eigenvalue weighted by molar-refractivity contribution is 5.96. The third-order valence-corrected chi connectivity index (χ3v) is 8.63. The Morgan fingerprint density at radius 2 is 1.77 bits per heavy atom. The van der Waals surface area contributed by atoms with Crippen molar-refractivity contribution in [2.75, 3.05) is 31.1 Å². The number of aryl methyl sites for hydroxylation is 1. The zero-order chi connectivity index (χ0) is 34.5. The molecule has 0 saturated carbocycles. The highest BCUT2D eigenvalue weighted by Crippen LogP contribution is 2.41. The highest BCUT2D eigenvalue weighted by atomic mass is 19.1. The molecule has 1 atom stereocenters. The summed E-state index contributed by atoms with van der Waals surface area (Å²) in [4.78, 5) is 46.3. The largest absolute Gasteiger partial charge is 0.464 e. The number of hydrogen-bond donors (Lipinski definition) is 1. The number of nitrogens with one attached hydrogen (secondary N) is 1. The quantitative estimate of drug-likeness (QED) is 0.218. The minimum atomic E-state index is -1.07. The molecule has 1 aliphatic heterocycles. The first-order valence-corrected chi connectivity index (χ1v) is 16.6. The number of ketones is 1. The number of aromatic nitrogens is 3. The number of Topliss-reactive ketones (excluding diaryl/α,β-unsaturated/α-hetero) is 1. The molecule has 0 spiro atoms. The van der Waals surface area contributed by atoms with Crippen LogP contribution in [0.5, 0.6) is 0 Å². The number of anilines is 1. The molecule has 1 saturated heterocycles. The van der Waals surface area contributed by atoms with E-state index in [1.165, 1.54) is 12.1 Å². The first-order chi connectivity index (χ1) is 22.1. The number of esters is 1. The van der Waals surface area contributed by atoms with Gasteiger partial charge in [-0.1, -0.05) is 39.3 Å². The van der Waals surface area contributed by atoms with E-state index >= 15 is 0 Å². The summed E-state index contributed by atoms with van der Waals surface area (Å²) in [5.41, 5.74) is 1.84. The van der Waals surface area contributed by atoms with Gasteiger partial charge in [-0.15, -0.1) is 0 Å². The number of amides is 1. The molecule has 1 aromatic carbocycles. The van der Waals surface area contributed by atoms with Crippen LogP contribution in [0.3, 0.4) is 0 Å². The van der Waals surface area contributed by atoms with Crippen LogP contribution in [0.1, 0.15) is 108 Å². The Hall–Kier alpha value is -3.86. The number of carbonyl (C=O) groups is 3. The van der Waals surface area contributed by atoms with E-state index in [1.54, 1.807) is 29.6 Å². The topological polar surface area (TPSA) is 115 Å². The van der Waals surface area contributed by atoms with Crippen molar-refractivity contribution in [2.24, 2.45) is 11.3 Å². The first kappa shape index (κ1) is 36.0. The molecule has 4 rings (SSSR count). The van der Waals surface area contributed by atoms with Crippen molar-refractivity contribution in [3.05, 3.63) is 58.7 Å². The predicted molar refractivity (Wildman–Crippen MR) is 179 cm³/mol. The van der Waals surface area contributed by atoms with Gasteiger partial charge in [-0.25, -0.2) is 14.2 Å². The summed E-state index contributed by atoms with van der Waals surface area (Å²) in [7, 11) is 0. The second-order valence-electron chi connectivity index (χ2n) is 14.4. The van der Waals surface area contributed by atoms with E-state index in [2.05, 4.69) is 36.1 Å². The molecule has 1 unspecified atom stereocenters. The number of piperidine rings is 1. The highest BCUT2D eigenvalue weighted by Gasteiger charge is 2.38. The fourth-order valence-electron chi connectivity index (χ4n) is 5.94. The molecule has 256 valence electrons. The maximum Gasteiger partial charge on any atom is 0.340 e. The van der Waals surface area contributed by atoms with Crippen LogP contribution in [0, 0.1) is 24.1 Å². The maximum atomic E-state index is 13.5. The number of halogens is 1. The van der Waals surface area contributed by atoms with E-state index in [0.717, 1.165) is 38.8 Å². The number of rotatable bonds is 13. The molecular formula is C36H50FN5O5. The standard InChI is InChI=1S/C36H50FN5O5/c1-9-46-34(45)31(47-35(5,6)7)30-24(4)39-29-21-28(32(44)38-22-27(43)20-25-10-12-26(37)13-11-25)40-42(29)33(30)41-18-16-36(8,17-19-41)15-14-23(2)3/h10-13,21,23,31H,9,14-20,22H2,1-8H3,(H,38,44). The van der Waals surface area contributed by atoms with Crippen molar-refractivity contribution in [3.63, 3.8) is 0 Å². The number of benzene rings is 1. The summed E-state index contributed by atoms with van der Waals surface area (Å²) in [6, 6.07) is 7.27. The zero-order valence-electron chi connectivity index (χ0n) is 29.1. The number of nitrogens with zero attached hydrogens (tertiary/aromatic N) is 4. The Bertz CT molecular complexity index is 1570. The molecule has 47 heavy (non-hydrogen) atoms. The van der Waals surface area contributed by atoms with E-state index in [-0.39, 0.29) is 42.3 Å². The summed E-state index contributed by atoms with van der Waals surface area (Å²) in [6.07, 6.45) is 3.21. The Morgan fingerprint density at radius 1 is 1.11 bits per heavy atom. The molecular weight excluding hydrogens is 601 g/mol. The van der Waals surface area contributed by atoms with Gasteiger partial charge in [0.05, 0.1) is 24.3 Å². The molecule has 11 heteroatoms. The number of carbonyl (C=O) groups excluding carboxylic acids is 3. The summed E-state index contributed by atoms with van der Waals surface area (Å²) >= 11 is 0. The Labute approximate surface area is 277 Å². The van der Waals surface area contributed by atoms with Crippen LogP contribution in [0.25, 0.3) is 5.65 Å². The fraction of sp³-hybridized carbons (Fsp3) is 0.583. The van der Waals surface area contributed by atoms with Gasteiger partial charge in [-0.05, 0) is 82.9 Å². The third kappa shape index (κ3) is 9.37. The van der Waals surface area contributed by atoms with Gasteiger partial charge in [0.2, 0.25) is 0 Å². The van der Waals surface area contributed by atoms with Crippen LogP contribution in [0.4, 0.5) is 10.2 Å². The van der Waals surface area contributed by atoms with Gasteiger partial charge in [-0.3, -0.25) is 9.59 Å². The van der Waals surface area contributed by atoms with Gasteiger partial charge in [0, 0.05) is 31.3 Å². The number of ether oxygens (including phenoxy) is 2. The van der Waals surface area contributed by atoms with Crippen LogP contribution >= 0.6 is 0 Å². The first-order valence-electron chi connectivity index (χ1n) is 16.6. The van der Waals surface area contributed by atoms with Crippen LogP contribution in [-0.4, -0.2) is 64.1 Å². The van der Waals surface area contributed by atoms with E-state index < -0.39 is 23.6 Å². The van der Waals surface area contributed by atoms with Gasteiger partial charge in [0.1, 0.15) is 11.6 Å².